The normalized spacial score (nSPS) is 11.8. The summed E-state index contributed by atoms with van der Waals surface area (Å²) in [7, 11) is 0. The zero-order chi connectivity index (χ0) is 22.7. The van der Waals surface area contributed by atoms with Gasteiger partial charge in [-0.25, -0.2) is 9.67 Å². The smallest absolute Gasteiger partial charge is 0.395 e. The van der Waals surface area contributed by atoms with E-state index in [2.05, 4.69) is 25.5 Å². The Balaban J connectivity index is 1.50. The van der Waals surface area contributed by atoms with Crippen molar-refractivity contribution in [1.82, 2.24) is 34.8 Å². The van der Waals surface area contributed by atoms with E-state index in [9.17, 15) is 18.0 Å². The maximum atomic E-state index is 12.7. The average Bonchev–Trinajstić information content (AvgIpc) is 3.39. The highest BCUT2D eigenvalue weighted by atomic mass is 19.4. The van der Waals surface area contributed by atoms with E-state index < -0.39 is 11.7 Å². The minimum Gasteiger partial charge on any atom is -0.395 e. The van der Waals surface area contributed by atoms with Gasteiger partial charge in [0.1, 0.15) is 0 Å². The number of carbonyl (C=O) groups is 1. The SMILES string of the molecule is O=C(Cc1nccc2nn(Cc3ccn(-c4ccc(C(F)(F)F)cn4)n3)cc12)NCCO. The minimum absolute atomic E-state index is 0.0528. The summed E-state index contributed by atoms with van der Waals surface area (Å²) in [6.45, 7) is 0.332. The van der Waals surface area contributed by atoms with Crippen LogP contribution in [0.1, 0.15) is 17.0 Å². The number of aromatic nitrogens is 6. The van der Waals surface area contributed by atoms with Gasteiger partial charge in [0.05, 0.1) is 42.0 Å². The average molecular weight is 445 g/mol. The number of rotatable bonds is 7. The lowest BCUT2D eigenvalue weighted by Crippen LogP contribution is -2.28. The van der Waals surface area contributed by atoms with Crippen LogP contribution in [0.3, 0.4) is 0 Å². The fourth-order valence-corrected chi connectivity index (χ4v) is 3.11. The number of halogens is 3. The summed E-state index contributed by atoms with van der Waals surface area (Å²) in [6.07, 6.45) is 1.30. The van der Waals surface area contributed by atoms with Gasteiger partial charge >= 0.3 is 6.18 Å². The van der Waals surface area contributed by atoms with Gasteiger partial charge in [-0.3, -0.25) is 14.5 Å². The number of amides is 1. The third-order valence-corrected chi connectivity index (χ3v) is 4.60. The Bertz CT molecular complexity index is 1230. The van der Waals surface area contributed by atoms with Crippen LogP contribution < -0.4 is 5.32 Å². The third kappa shape index (κ3) is 4.75. The van der Waals surface area contributed by atoms with Crippen LogP contribution in [-0.4, -0.2) is 53.7 Å². The number of nitrogens with zero attached hydrogens (tertiary/aromatic N) is 6. The van der Waals surface area contributed by atoms with E-state index in [1.807, 2.05) is 0 Å². The van der Waals surface area contributed by atoms with Crippen LogP contribution in [-0.2, 0) is 23.9 Å². The van der Waals surface area contributed by atoms with Gasteiger partial charge < -0.3 is 10.4 Å². The van der Waals surface area contributed by atoms with Gasteiger partial charge in [0.15, 0.2) is 5.82 Å². The third-order valence-electron chi connectivity index (χ3n) is 4.60. The molecule has 4 heterocycles. The van der Waals surface area contributed by atoms with E-state index in [0.717, 1.165) is 17.6 Å². The largest absolute Gasteiger partial charge is 0.417 e. The van der Waals surface area contributed by atoms with Crippen LogP contribution in [0, 0.1) is 0 Å². The van der Waals surface area contributed by atoms with Crippen LogP contribution in [0.15, 0.2) is 49.1 Å². The van der Waals surface area contributed by atoms with Crippen molar-refractivity contribution in [2.75, 3.05) is 13.2 Å². The van der Waals surface area contributed by atoms with E-state index in [1.54, 1.807) is 35.4 Å². The predicted octanol–water partition coefficient (Wildman–Crippen LogP) is 1.73. The van der Waals surface area contributed by atoms with E-state index in [-0.39, 0.29) is 31.3 Å². The molecule has 4 aromatic heterocycles. The van der Waals surface area contributed by atoms with Crippen LogP contribution in [0.4, 0.5) is 13.2 Å². The highest BCUT2D eigenvalue weighted by Gasteiger charge is 2.30. The molecule has 12 heteroatoms. The Morgan fingerprint density at radius 3 is 2.69 bits per heavy atom. The number of aliphatic hydroxyl groups excluding tert-OH is 1. The molecule has 0 saturated heterocycles. The van der Waals surface area contributed by atoms with Gasteiger partial charge in [0, 0.05) is 36.7 Å². The number of hydrogen-bond acceptors (Lipinski definition) is 6. The first-order chi connectivity index (χ1) is 15.3. The Hall–Kier alpha value is -3.80. The lowest BCUT2D eigenvalue weighted by molar-refractivity contribution is -0.137. The molecule has 166 valence electrons. The van der Waals surface area contributed by atoms with Crippen molar-refractivity contribution in [1.29, 1.82) is 0 Å². The molecule has 0 aliphatic rings. The fraction of sp³-hybridized carbons (Fsp3) is 0.250. The first-order valence-electron chi connectivity index (χ1n) is 9.60. The van der Waals surface area contributed by atoms with E-state index in [0.29, 0.717) is 23.4 Å². The standard InChI is InChI=1S/C20H18F3N7O2/c21-20(22,23)13-1-2-18(26-10-13)30-7-4-14(27-30)11-29-12-15-16(28-29)3-5-24-17(15)9-19(32)25-6-8-31/h1-5,7,10,12,31H,6,8-9,11H2,(H,25,32). The Morgan fingerprint density at radius 1 is 1.12 bits per heavy atom. The molecule has 2 N–H and O–H groups in total. The van der Waals surface area contributed by atoms with Gasteiger partial charge in [0.25, 0.3) is 0 Å². The maximum Gasteiger partial charge on any atom is 0.417 e. The fourth-order valence-electron chi connectivity index (χ4n) is 3.11. The minimum atomic E-state index is -4.45. The summed E-state index contributed by atoms with van der Waals surface area (Å²) in [4.78, 5) is 20.0. The number of alkyl halides is 3. The van der Waals surface area contributed by atoms with Gasteiger partial charge in [0.2, 0.25) is 5.91 Å². The lowest BCUT2D eigenvalue weighted by Gasteiger charge is -2.06. The molecule has 4 rings (SSSR count). The molecule has 4 aromatic rings. The Labute approximate surface area is 179 Å². The first-order valence-corrected chi connectivity index (χ1v) is 9.60. The summed E-state index contributed by atoms with van der Waals surface area (Å²) in [6, 6.07) is 5.65. The van der Waals surface area contributed by atoms with Crippen molar-refractivity contribution in [2.24, 2.45) is 0 Å². The van der Waals surface area contributed by atoms with Crippen molar-refractivity contribution < 1.29 is 23.1 Å². The van der Waals surface area contributed by atoms with Crippen LogP contribution in [0.5, 0.6) is 0 Å². The summed E-state index contributed by atoms with van der Waals surface area (Å²) in [5, 5.41) is 20.9. The number of aliphatic hydroxyl groups is 1. The Kier molecular flexibility index (Phi) is 5.86. The van der Waals surface area contributed by atoms with E-state index in [1.165, 1.54) is 10.7 Å². The van der Waals surface area contributed by atoms with Crippen molar-refractivity contribution >= 4 is 16.8 Å². The predicted molar refractivity (Wildman–Crippen MR) is 107 cm³/mol. The molecule has 0 atom stereocenters. The molecule has 0 fully saturated rings. The molecule has 0 unspecified atom stereocenters. The van der Waals surface area contributed by atoms with E-state index in [4.69, 9.17) is 5.11 Å². The number of nitrogens with one attached hydrogen (secondary N) is 1. The van der Waals surface area contributed by atoms with E-state index >= 15 is 0 Å². The molecule has 9 nitrogen and oxygen atoms in total. The highest BCUT2D eigenvalue weighted by Crippen LogP contribution is 2.28. The first kappa shape index (κ1) is 21.4. The molecular formula is C20H18F3N7O2. The van der Waals surface area contributed by atoms with Gasteiger partial charge in [-0.15, -0.1) is 0 Å². The summed E-state index contributed by atoms with van der Waals surface area (Å²) in [5.74, 6) is 0.00448. The van der Waals surface area contributed by atoms with Crippen molar-refractivity contribution in [2.45, 2.75) is 19.1 Å². The van der Waals surface area contributed by atoms with Crippen molar-refractivity contribution in [3.8, 4) is 5.82 Å². The lowest BCUT2D eigenvalue weighted by atomic mass is 10.2. The second-order valence-electron chi connectivity index (χ2n) is 6.92. The van der Waals surface area contributed by atoms with Gasteiger partial charge in [-0.05, 0) is 24.3 Å². The molecule has 1 amide bonds. The molecule has 0 saturated carbocycles. The number of hydrogen-bond donors (Lipinski definition) is 2. The Morgan fingerprint density at radius 2 is 1.97 bits per heavy atom. The van der Waals surface area contributed by atoms with Gasteiger partial charge in [-0.1, -0.05) is 0 Å². The molecule has 0 spiro atoms. The van der Waals surface area contributed by atoms with Crippen molar-refractivity contribution in [3.63, 3.8) is 0 Å². The second kappa shape index (κ2) is 8.75. The molecule has 32 heavy (non-hydrogen) atoms. The summed E-state index contributed by atoms with van der Waals surface area (Å²) < 4.78 is 41.1. The second-order valence-corrected chi connectivity index (χ2v) is 6.92. The summed E-state index contributed by atoms with van der Waals surface area (Å²) >= 11 is 0. The summed E-state index contributed by atoms with van der Waals surface area (Å²) in [5.41, 5.74) is 1.01. The highest BCUT2D eigenvalue weighted by molar-refractivity contribution is 5.86. The molecule has 0 radical (unpaired) electrons. The monoisotopic (exact) mass is 445 g/mol. The van der Waals surface area contributed by atoms with Gasteiger partial charge in [-0.2, -0.15) is 23.4 Å². The van der Waals surface area contributed by atoms with Crippen LogP contribution >= 0.6 is 0 Å². The maximum absolute atomic E-state index is 12.7. The molecule has 0 aliphatic carbocycles. The number of pyridine rings is 2. The van der Waals surface area contributed by atoms with Crippen LogP contribution in [0.25, 0.3) is 16.7 Å². The topological polar surface area (TPSA) is 111 Å². The molecule has 0 aromatic carbocycles. The van der Waals surface area contributed by atoms with Crippen molar-refractivity contribution in [3.05, 3.63) is 66.0 Å². The van der Waals surface area contributed by atoms with Crippen LogP contribution in [0.2, 0.25) is 0 Å². The number of fused-ring (bicyclic) bond motifs is 1. The molecule has 0 bridgehead atoms. The quantitative estimate of drug-likeness (QED) is 0.448. The zero-order valence-corrected chi connectivity index (χ0v) is 16.6. The zero-order valence-electron chi connectivity index (χ0n) is 16.6. The molecular weight excluding hydrogens is 427 g/mol. The molecule has 0 aliphatic heterocycles. The number of carbonyl (C=O) groups excluding carboxylic acids is 1.